The van der Waals surface area contributed by atoms with Crippen molar-refractivity contribution in [2.45, 2.75) is 33.2 Å². The number of benzene rings is 1. The fraction of sp³-hybridized carbons (Fsp3) is 0.421. The van der Waals surface area contributed by atoms with Gasteiger partial charge in [0.2, 0.25) is 10.0 Å². The molecule has 0 aliphatic heterocycles. The van der Waals surface area contributed by atoms with Gasteiger partial charge in [-0.05, 0) is 43.0 Å². The average molecular weight is 362 g/mol. The van der Waals surface area contributed by atoms with Crippen molar-refractivity contribution in [3.05, 3.63) is 59.9 Å². The summed E-state index contributed by atoms with van der Waals surface area (Å²) in [7, 11) is -3.46. The van der Waals surface area contributed by atoms with Crippen LogP contribution in [0.5, 0.6) is 5.75 Å². The van der Waals surface area contributed by atoms with Gasteiger partial charge in [0.1, 0.15) is 12.4 Å². The number of nitrogens with zero attached hydrogens (tertiary/aromatic N) is 1. The summed E-state index contributed by atoms with van der Waals surface area (Å²) in [4.78, 5) is 4.09. The molecule has 1 N–H and O–H groups in total. The molecule has 25 heavy (non-hydrogen) atoms. The highest BCUT2D eigenvalue weighted by Gasteiger charge is 2.20. The Morgan fingerprint density at radius 1 is 1.16 bits per heavy atom. The predicted molar refractivity (Wildman–Crippen MR) is 100 cm³/mol. The van der Waals surface area contributed by atoms with Crippen LogP contribution in [0.3, 0.4) is 0 Å². The average Bonchev–Trinajstić information content (AvgIpc) is 2.56. The van der Waals surface area contributed by atoms with E-state index in [1.54, 1.807) is 12.4 Å². The van der Waals surface area contributed by atoms with Gasteiger partial charge in [-0.1, -0.05) is 37.6 Å². The minimum absolute atomic E-state index is 0.0876. The zero-order chi connectivity index (χ0) is 18.3. The molecule has 0 bridgehead atoms. The number of pyridine rings is 1. The van der Waals surface area contributed by atoms with Gasteiger partial charge in [-0.3, -0.25) is 4.98 Å². The van der Waals surface area contributed by atoms with Gasteiger partial charge in [0.05, 0.1) is 5.75 Å². The van der Waals surface area contributed by atoms with Gasteiger partial charge in [0.15, 0.2) is 0 Å². The molecule has 136 valence electrons. The molecule has 1 aromatic heterocycles. The number of aromatic nitrogens is 1. The number of sulfonamides is 1. The fourth-order valence-corrected chi connectivity index (χ4v) is 3.57. The van der Waals surface area contributed by atoms with E-state index in [1.807, 2.05) is 43.3 Å². The standard InChI is InChI=1S/C19H26N2O3S/c1-15(2)13-19(17-5-4-10-20-14-17)21-25(22,23)12-11-24-18-8-6-16(3)7-9-18/h4-10,14-15,19,21H,11-13H2,1-3H3/t19-/m1/s1. The second kappa shape index (κ2) is 8.97. The van der Waals surface area contributed by atoms with Crippen molar-refractivity contribution in [2.24, 2.45) is 5.92 Å². The molecule has 0 saturated carbocycles. The first kappa shape index (κ1) is 19.4. The zero-order valence-corrected chi connectivity index (χ0v) is 15.8. The van der Waals surface area contributed by atoms with E-state index in [9.17, 15) is 8.42 Å². The van der Waals surface area contributed by atoms with Crippen LogP contribution in [0, 0.1) is 12.8 Å². The summed E-state index contributed by atoms with van der Waals surface area (Å²) >= 11 is 0. The van der Waals surface area contributed by atoms with Gasteiger partial charge in [0, 0.05) is 18.4 Å². The zero-order valence-electron chi connectivity index (χ0n) is 15.0. The minimum Gasteiger partial charge on any atom is -0.492 e. The third-order valence-electron chi connectivity index (χ3n) is 3.76. The van der Waals surface area contributed by atoms with Gasteiger partial charge in [-0.25, -0.2) is 13.1 Å². The van der Waals surface area contributed by atoms with Crippen molar-refractivity contribution >= 4 is 10.0 Å². The molecule has 0 unspecified atom stereocenters. The number of hydrogen-bond donors (Lipinski definition) is 1. The van der Waals surface area contributed by atoms with Crippen LogP contribution in [0.2, 0.25) is 0 Å². The molecule has 2 aromatic rings. The summed E-state index contributed by atoms with van der Waals surface area (Å²) in [5, 5.41) is 0. The largest absolute Gasteiger partial charge is 0.492 e. The SMILES string of the molecule is Cc1ccc(OCCS(=O)(=O)N[C@H](CC(C)C)c2cccnc2)cc1. The summed E-state index contributed by atoms with van der Waals surface area (Å²) in [6, 6.07) is 11.0. The molecule has 0 aliphatic carbocycles. The molecule has 0 saturated heterocycles. The van der Waals surface area contributed by atoms with E-state index in [1.165, 1.54) is 0 Å². The highest BCUT2D eigenvalue weighted by atomic mass is 32.2. The van der Waals surface area contributed by atoms with Crippen LogP contribution >= 0.6 is 0 Å². The van der Waals surface area contributed by atoms with Crippen molar-refractivity contribution in [2.75, 3.05) is 12.4 Å². The minimum atomic E-state index is -3.46. The third kappa shape index (κ3) is 6.84. The Balaban J connectivity index is 1.95. The van der Waals surface area contributed by atoms with Crippen molar-refractivity contribution < 1.29 is 13.2 Å². The Hall–Kier alpha value is -1.92. The van der Waals surface area contributed by atoms with Gasteiger partial charge >= 0.3 is 0 Å². The first-order valence-electron chi connectivity index (χ1n) is 8.45. The molecule has 0 radical (unpaired) electrons. The van der Waals surface area contributed by atoms with E-state index < -0.39 is 10.0 Å². The lowest BCUT2D eigenvalue weighted by Crippen LogP contribution is -2.33. The van der Waals surface area contributed by atoms with Crippen LogP contribution < -0.4 is 9.46 Å². The summed E-state index contributed by atoms with van der Waals surface area (Å²) in [5.41, 5.74) is 2.01. The molecular weight excluding hydrogens is 336 g/mol. The highest BCUT2D eigenvalue weighted by Crippen LogP contribution is 2.21. The Morgan fingerprint density at radius 3 is 2.48 bits per heavy atom. The van der Waals surface area contributed by atoms with Crippen LogP contribution in [0.1, 0.15) is 37.4 Å². The lowest BCUT2D eigenvalue weighted by molar-refractivity contribution is 0.339. The molecule has 6 heteroatoms. The number of rotatable bonds is 9. The summed E-state index contributed by atoms with van der Waals surface area (Å²) in [6.45, 7) is 6.24. The van der Waals surface area contributed by atoms with Crippen LogP contribution in [0.15, 0.2) is 48.8 Å². The molecule has 1 atom stereocenters. The highest BCUT2D eigenvalue weighted by molar-refractivity contribution is 7.89. The smallest absolute Gasteiger partial charge is 0.215 e. The molecule has 0 spiro atoms. The first-order valence-corrected chi connectivity index (χ1v) is 10.1. The molecular formula is C19H26N2O3S. The molecule has 0 aliphatic rings. The topological polar surface area (TPSA) is 68.3 Å². The number of nitrogens with one attached hydrogen (secondary N) is 1. The van der Waals surface area contributed by atoms with E-state index in [0.717, 1.165) is 11.1 Å². The van der Waals surface area contributed by atoms with Gasteiger partial charge in [-0.2, -0.15) is 0 Å². The van der Waals surface area contributed by atoms with Crippen molar-refractivity contribution in [3.8, 4) is 5.75 Å². The maximum atomic E-state index is 12.4. The molecule has 5 nitrogen and oxygen atoms in total. The number of aryl methyl sites for hydroxylation is 1. The van der Waals surface area contributed by atoms with Crippen molar-refractivity contribution in [1.29, 1.82) is 0 Å². The summed E-state index contributed by atoms with van der Waals surface area (Å²) in [6.07, 6.45) is 4.10. The molecule has 1 heterocycles. The van der Waals surface area contributed by atoms with E-state index in [2.05, 4.69) is 23.6 Å². The lowest BCUT2D eigenvalue weighted by Gasteiger charge is -2.20. The van der Waals surface area contributed by atoms with Crippen molar-refractivity contribution in [3.63, 3.8) is 0 Å². The molecule has 0 fully saturated rings. The second-order valence-electron chi connectivity index (χ2n) is 6.57. The normalized spacial score (nSPS) is 13.0. The summed E-state index contributed by atoms with van der Waals surface area (Å²) in [5.74, 6) is 0.943. The van der Waals surface area contributed by atoms with E-state index in [-0.39, 0.29) is 18.4 Å². The Morgan fingerprint density at radius 2 is 1.88 bits per heavy atom. The van der Waals surface area contributed by atoms with Gasteiger partial charge < -0.3 is 4.74 Å². The van der Waals surface area contributed by atoms with E-state index >= 15 is 0 Å². The lowest BCUT2D eigenvalue weighted by atomic mass is 9.99. The van der Waals surface area contributed by atoms with Crippen LogP contribution in [-0.2, 0) is 10.0 Å². The third-order valence-corrected chi connectivity index (χ3v) is 5.11. The van der Waals surface area contributed by atoms with Crippen molar-refractivity contribution in [1.82, 2.24) is 9.71 Å². The van der Waals surface area contributed by atoms with E-state index in [0.29, 0.717) is 18.1 Å². The first-order chi connectivity index (χ1) is 11.9. The molecule has 0 amide bonds. The molecule has 1 aromatic carbocycles. The second-order valence-corrected chi connectivity index (χ2v) is 8.44. The Labute approximate surface area is 150 Å². The number of hydrogen-bond acceptors (Lipinski definition) is 4. The quantitative estimate of drug-likeness (QED) is 0.741. The number of ether oxygens (including phenoxy) is 1. The van der Waals surface area contributed by atoms with Crippen LogP contribution in [-0.4, -0.2) is 25.8 Å². The van der Waals surface area contributed by atoms with E-state index in [4.69, 9.17) is 4.74 Å². The monoisotopic (exact) mass is 362 g/mol. The maximum absolute atomic E-state index is 12.4. The van der Waals surface area contributed by atoms with Crippen LogP contribution in [0.25, 0.3) is 0 Å². The summed E-state index contributed by atoms with van der Waals surface area (Å²) < 4.78 is 33.2. The molecule has 2 rings (SSSR count). The predicted octanol–water partition coefficient (Wildman–Crippen LogP) is 3.48. The van der Waals surface area contributed by atoms with Crippen LogP contribution in [0.4, 0.5) is 0 Å². The Kier molecular flexibility index (Phi) is 6.96. The van der Waals surface area contributed by atoms with Gasteiger partial charge in [-0.15, -0.1) is 0 Å². The maximum Gasteiger partial charge on any atom is 0.215 e. The van der Waals surface area contributed by atoms with Gasteiger partial charge in [0.25, 0.3) is 0 Å². The fourth-order valence-electron chi connectivity index (χ4n) is 2.49. The Bertz CT molecular complexity index is 744.